The first-order valence-electron chi connectivity index (χ1n) is 10.8. The minimum absolute atomic E-state index is 0.0134. The van der Waals surface area contributed by atoms with Crippen LogP contribution in [0.2, 0.25) is 5.02 Å². The zero-order chi connectivity index (χ0) is 24.2. The molecule has 3 aromatic carbocycles. The molecule has 172 valence electrons. The van der Waals surface area contributed by atoms with Gasteiger partial charge in [-0.2, -0.15) is 0 Å². The summed E-state index contributed by atoms with van der Waals surface area (Å²) in [4.78, 5) is 39.4. The van der Waals surface area contributed by atoms with E-state index in [1.807, 2.05) is 26.0 Å². The van der Waals surface area contributed by atoms with Crippen LogP contribution in [-0.2, 0) is 11.3 Å². The van der Waals surface area contributed by atoms with Gasteiger partial charge >= 0.3 is 0 Å². The average Bonchev–Trinajstić information content (AvgIpc) is 2.81. The molecule has 7 heteroatoms. The van der Waals surface area contributed by atoms with Gasteiger partial charge in [-0.1, -0.05) is 47.5 Å². The SMILES string of the molecule is CCOc1ccc2c(c1)c(=O)c(C(=O)c1ccc(C)cc1)cn2CC(=O)Nc1cccc(Cl)c1. The van der Waals surface area contributed by atoms with Gasteiger partial charge < -0.3 is 14.6 Å². The fourth-order valence-corrected chi connectivity index (χ4v) is 3.90. The van der Waals surface area contributed by atoms with Crippen LogP contribution in [0.15, 0.2) is 77.7 Å². The summed E-state index contributed by atoms with van der Waals surface area (Å²) in [5.41, 5.74) is 2.06. The molecule has 0 aliphatic rings. The van der Waals surface area contributed by atoms with E-state index in [1.165, 1.54) is 6.20 Å². The number of halogens is 1. The molecule has 0 radical (unpaired) electrons. The van der Waals surface area contributed by atoms with Crippen LogP contribution in [-0.4, -0.2) is 22.9 Å². The molecule has 4 rings (SSSR count). The third-order valence-electron chi connectivity index (χ3n) is 5.34. The van der Waals surface area contributed by atoms with E-state index in [2.05, 4.69) is 5.32 Å². The van der Waals surface area contributed by atoms with E-state index < -0.39 is 11.2 Å². The van der Waals surface area contributed by atoms with E-state index in [9.17, 15) is 14.4 Å². The van der Waals surface area contributed by atoms with Crippen molar-refractivity contribution in [2.45, 2.75) is 20.4 Å². The molecule has 0 aliphatic carbocycles. The fraction of sp³-hybridized carbons (Fsp3) is 0.148. The van der Waals surface area contributed by atoms with Gasteiger partial charge in [-0.15, -0.1) is 0 Å². The smallest absolute Gasteiger partial charge is 0.244 e. The number of nitrogens with zero attached hydrogens (tertiary/aromatic N) is 1. The molecule has 1 N–H and O–H groups in total. The van der Waals surface area contributed by atoms with Gasteiger partial charge in [0, 0.05) is 22.5 Å². The quantitative estimate of drug-likeness (QED) is 0.372. The second-order valence-corrected chi connectivity index (χ2v) is 8.30. The molecule has 0 unspecified atom stereocenters. The number of benzene rings is 3. The first-order valence-corrected chi connectivity index (χ1v) is 11.2. The van der Waals surface area contributed by atoms with Crippen LogP contribution in [0.1, 0.15) is 28.4 Å². The highest BCUT2D eigenvalue weighted by atomic mass is 35.5. The molecule has 0 spiro atoms. The van der Waals surface area contributed by atoms with Gasteiger partial charge in [0.25, 0.3) is 0 Å². The zero-order valence-corrected chi connectivity index (χ0v) is 19.6. The monoisotopic (exact) mass is 474 g/mol. The van der Waals surface area contributed by atoms with Crippen molar-refractivity contribution in [3.8, 4) is 5.75 Å². The molecule has 34 heavy (non-hydrogen) atoms. The van der Waals surface area contributed by atoms with E-state index >= 15 is 0 Å². The average molecular weight is 475 g/mol. The lowest BCUT2D eigenvalue weighted by molar-refractivity contribution is -0.116. The lowest BCUT2D eigenvalue weighted by atomic mass is 10.0. The summed E-state index contributed by atoms with van der Waals surface area (Å²) in [6.45, 7) is 4.10. The Bertz CT molecular complexity index is 1440. The first-order chi connectivity index (χ1) is 16.4. The van der Waals surface area contributed by atoms with Gasteiger partial charge in [0.05, 0.1) is 23.1 Å². The highest BCUT2D eigenvalue weighted by molar-refractivity contribution is 6.30. The Balaban J connectivity index is 1.78. The maximum Gasteiger partial charge on any atom is 0.244 e. The standard InChI is InChI=1S/C27H23ClN2O4/c1-3-34-21-11-12-24-22(14-21)27(33)23(26(32)18-9-7-17(2)8-10-18)15-30(24)16-25(31)29-20-6-4-5-19(28)13-20/h4-15H,3,16H2,1-2H3,(H,29,31). The second kappa shape index (κ2) is 9.93. The number of rotatable bonds is 7. The van der Waals surface area contributed by atoms with Crippen molar-refractivity contribution in [3.05, 3.63) is 105 Å². The number of anilines is 1. The number of carbonyl (C=O) groups is 2. The van der Waals surface area contributed by atoms with Crippen LogP contribution >= 0.6 is 11.6 Å². The Hall–Kier alpha value is -3.90. The number of aromatic nitrogens is 1. The van der Waals surface area contributed by atoms with Crippen LogP contribution in [0.5, 0.6) is 5.75 Å². The van der Waals surface area contributed by atoms with E-state index in [0.29, 0.717) is 39.5 Å². The predicted molar refractivity (Wildman–Crippen MR) is 134 cm³/mol. The highest BCUT2D eigenvalue weighted by Gasteiger charge is 2.19. The third kappa shape index (κ3) is 5.02. The number of carbonyl (C=O) groups excluding carboxylic acids is 2. The molecule has 1 aromatic heterocycles. The summed E-state index contributed by atoms with van der Waals surface area (Å²) in [5, 5.41) is 3.60. The van der Waals surface area contributed by atoms with Crippen molar-refractivity contribution in [1.29, 1.82) is 0 Å². The first kappa shape index (κ1) is 23.3. The van der Waals surface area contributed by atoms with Crippen LogP contribution in [0.3, 0.4) is 0 Å². The van der Waals surface area contributed by atoms with E-state index in [-0.39, 0.29) is 18.0 Å². The van der Waals surface area contributed by atoms with E-state index in [0.717, 1.165) is 5.56 Å². The van der Waals surface area contributed by atoms with Crippen LogP contribution < -0.4 is 15.5 Å². The molecule has 1 heterocycles. The highest BCUT2D eigenvalue weighted by Crippen LogP contribution is 2.21. The Kier molecular flexibility index (Phi) is 6.80. The summed E-state index contributed by atoms with van der Waals surface area (Å²) in [6.07, 6.45) is 1.45. The Morgan fingerprint density at radius 1 is 1.03 bits per heavy atom. The maximum absolute atomic E-state index is 13.3. The predicted octanol–water partition coefficient (Wildman–Crippen LogP) is 5.23. The Morgan fingerprint density at radius 3 is 2.50 bits per heavy atom. The van der Waals surface area contributed by atoms with Crippen molar-refractivity contribution in [1.82, 2.24) is 4.57 Å². The number of nitrogens with one attached hydrogen (secondary N) is 1. The largest absolute Gasteiger partial charge is 0.494 e. The lowest BCUT2D eigenvalue weighted by Gasteiger charge is -2.15. The van der Waals surface area contributed by atoms with Gasteiger partial charge in [-0.05, 0) is 50.2 Å². The second-order valence-electron chi connectivity index (χ2n) is 7.87. The zero-order valence-electron chi connectivity index (χ0n) is 18.8. The molecular weight excluding hydrogens is 452 g/mol. The number of ether oxygens (including phenoxy) is 1. The van der Waals surface area contributed by atoms with Crippen molar-refractivity contribution < 1.29 is 14.3 Å². The van der Waals surface area contributed by atoms with Crippen molar-refractivity contribution in [2.75, 3.05) is 11.9 Å². The maximum atomic E-state index is 13.3. The van der Waals surface area contributed by atoms with Crippen molar-refractivity contribution >= 4 is 39.9 Å². The van der Waals surface area contributed by atoms with Crippen LogP contribution in [0.25, 0.3) is 10.9 Å². The number of fused-ring (bicyclic) bond motifs is 1. The molecule has 0 bridgehead atoms. The minimum Gasteiger partial charge on any atom is -0.494 e. The Morgan fingerprint density at radius 2 is 1.79 bits per heavy atom. The number of pyridine rings is 1. The van der Waals surface area contributed by atoms with Gasteiger partial charge in [-0.3, -0.25) is 14.4 Å². The number of ketones is 1. The number of amides is 1. The topological polar surface area (TPSA) is 77.4 Å². The fourth-order valence-electron chi connectivity index (χ4n) is 3.71. The van der Waals surface area contributed by atoms with Crippen LogP contribution in [0, 0.1) is 6.92 Å². The van der Waals surface area contributed by atoms with E-state index in [4.69, 9.17) is 16.3 Å². The van der Waals surface area contributed by atoms with Gasteiger partial charge in [0.15, 0.2) is 5.78 Å². The summed E-state index contributed by atoms with van der Waals surface area (Å²) in [6, 6.07) is 18.9. The molecule has 1 amide bonds. The summed E-state index contributed by atoms with van der Waals surface area (Å²) < 4.78 is 7.16. The lowest BCUT2D eigenvalue weighted by Crippen LogP contribution is -2.24. The number of hydrogen-bond donors (Lipinski definition) is 1. The Labute approximate surface area is 201 Å². The summed E-state index contributed by atoms with van der Waals surface area (Å²) in [7, 11) is 0. The molecular formula is C27H23ClN2O4. The molecule has 0 aliphatic heterocycles. The molecule has 0 saturated carbocycles. The summed E-state index contributed by atoms with van der Waals surface area (Å²) >= 11 is 6.01. The van der Waals surface area contributed by atoms with Gasteiger partial charge in [0.2, 0.25) is 11.3 Å². The normalized spacial score (nSPS) is 10.8. The minimum atomic E-state index is -0.409. The van der Waals surface area contributed by atoms with Crippen LogP contribution in [0.4, 0.5) is 5.69 Å². The van der Waals surface area contributed by atoms with Gasteiger partial charge in [0.1, 0.15) is 12.3 Å². The van der Waals surface area contributed by atoms with Gasteiger partial charge in [-0.25, -0.2) is 0 Å². The molecule has 6 nitrogen and oxygen atoms in total. The number of hydrogen-bond acceptors (Lipinski definition) is 4. The number of aryl methyl sites for hydroxylation is 1. The summed E-state index contributed by atoms with van der Waals surface area (Å²) in [5.74, 6) is -0.213. The molecule has 0 saturated heterocycles. The van der Waals surface area contributed by atoms with Crippen molar-refractivity contribution in [3.63, 3.8) is 0 Å². The third-order valence-corrected chi connectivity index (χ3v) is 5.58. The molecule has 0 atom stereocenters. The van der Waals surface area contributed by atoms with E-state index in [1.54, 1.807) is 59.2 Å². The molecule has 0 fully saturated rings. The molecule has 4 aromatic rings. The van der Waals surface area contributed by atoms with Crippen molar-refractivity contribution in [2.24, 2.45) is 0 Å².